The molecule has 28 heavy (non-hydrogen) atoms. The van der Waals surface area contributed by atoms with Crippen molar-refractivity contribution in [3.63, 3.8) is 0 Å². The first-order valence-electron chi connectivity index (χ1n) is 8.14. The molecule has 0 saturated heterocycles. The standard InChI is InChI=1S/C20H16N4O3S/c1-25-16-6-5-12(8-17(16)26-2)18-14(9-21)19(23)24-20(15(18)10-22)28-11-13-4-3-7-27-13/h3-8H,11H2,1-2H3,(H2,23,24). The Kier molecular flexibility index (Phi) is 5.73. The number of pyridine rings is 1. The molecule has 7 nitrogen and oxygen atoms in total. The number of nitrogens with zero attached hydrogens (tertiary/aromatic N) is 3. The highest BCUT2D eigenvalue weighted by Crippen LogP contribution is 2.39. The summed E-state index contributed by atoms with van der Waals surface area (Å²) in [6.07, 6.45) is 1.58. The van der Waals surface area contributed by atoms with Crippen LogP contribution in [0.15, 0.2) is 46.0 Å². The molecular weight excluding hydrogens is 376 g/mol. The van der Waals surface area contributed by atoms with Gasteiger partial charge in [0.15, 0.2) is 11.5 Å². The second-order valence-electron chi connectivity index (χ2n) is 5.59. The number of aromatic nitrogens is 1. The quantitative estimate of drug-likeness (QED) is 0.626. The number of furan rings is 1. The van der Waals surface area contributed by atoms with Crippen molar-refractivity contribution in [2.24, 2.45) is 0 Å². The lowest BCUT2D eigenvalue weighted by atomic mass is 9.96. The summed E-state index contributed by atoms with van der Waals surface area (Å²) in [6, 6.07) is 13.0. The van der Waals surface area contributed by atoms with Crippen LogP contribution in [0, 0.1) is 22.7 Å². The minimum atomic E-state index is 0.0632. The molecule has 0 fully saturated rings. The van der Waals surface area contributed by atoms with Gasteiger partial charge in [0, 0.05) is 5.56 Å². The zero-order chi connectivity index (χ0) is 20.1. The molecule has 2 heterocycles. The molecule has 0 atom stereocenters. The van der Waals surface area contributed by atoms with Crippen LogP contribution >= 0.6 is 11.8 Å². The minimum Gasteiger partial charge on any atom is -0.493 e. The SMILES string of the molecule is COc1ccc(-c2c(C#N)c(N)nc(SCc3ccco3)c2C#N)cc1OC. The lowest BCUT2D eigenvalue weighted by molar-refractivity contribution is 0.355. The maximum atomic E-state index is 9.82. The fourth-order valence-electron chi connectivity index (χ4n) is 2.72. The van der Waals surface area contributed by atoms with E-state index < -0.39 is 0 Å². The molecule has 2 aromatic heterocycles. The van der Waals surface area contributed by atoms with Crippen molar-refractivity contribution in [1.82, 2.24) is 4.98 Å². The molecule has 0 spiro atoms. The van der Waals surface area contributed by atoms with E-state index in [0.29, 0.717) is 33.4 Å². The predicted octanol–water partition coefficient (Wildman–Crippen LogP) is 3.98. The third kappa shape index (κ3) is 3.59. The van der Waals surface area contributed by atoms with Crippen LogP contribution in [0.3, 0.4) is 0 Å². The number of nitrogen functional groups attached to an aromatic ring is 1. The molecule has 0 aliphatic carbocycles. The minimum absolute atomic E-state index is 0.0632. The Morgan fingerprint density at radius 3 is 2.46 bits per heavy atom. The van der Waals surface area contributed by atoms with E-state index in [1.807, 2.05) is 6.07 Å². The van der Waals surface area contributed by atoms with Gasteiger partial charge in [0.25, 0.3) is 0 Å². The Labute approximate surface area is 166 Å². The van der Waals surface area contributed by atoms with Gasteiger partial charge in [-0.15, -0.1) is 0 Å². The molecule has 0 saturated carbocycles. The fraction of sp³-hybridized carbons (Fsp3) is 0.150. The van der Waals surface area contributed by atoms with Crippen LogP contribution < -0.4 is 15.2 Å². The Balaban J connectivity index is 2.16. The Hall–Kier alpha value is -3.62. The van der Waals surface area contributed by atoms with Gasteiger partial charge in [0.2, 0.25) is 0 Å². The van der Waals surface area contributed by atoms with Gasteiger partial charge in [-0.05, 0) is 29.8 Å². The first-order valence-corrected chi connectivity index (χ1v) is 9.12. The van der Waals surface area contributed by atoms with Crippen LogP contribution in [0.1, 0.15) is 16.9 Å². The van der Waals surface area contributed by atoms with Crippen LogP contribution in [0.25, 0.3) is 11.1 Å². The number of nitrogens with two attached hydrogens (primary N) is 1. The van der Waals surface area contributed by atoms with Crippen LogP contribution in [-0.4, -0.2) is 19.2 Å². The van der Waals surface area contributed by atoms with Crippen LogP contribution in [0.2, 0.25) is 0 Å². The second kappa shape index (κ2) is 8.38. The lowest BCUT2D eigenvalue weighted by Gasteiger charge is -2.14. The predicted molar refractivity (Wildman–Crippen MR) is 105 cm³/mol. The zero-order valence-corrected chi connectivity index (χ0v) is 16.0. The molecule has 3 aromatic rings. The van der Waals surface area contributed by atoms with Gasteiger partial charge >= 0.3 is 0 Å². The molecule has 0 aliphatic heterocycles. The highest BCUT2D eigenvalue weighted by Gasteiger charge is 2.21. The summed E-state index contributed by atoms with van der Waals surface area (Å²) in [5.74, 6) is 2.30. The molecule has 2 N–H and O–H groups in total. The zero-order valence-electron chi connectivity index (χ0n) is 15.2. The number of benzene rings is 1. The van der Waals surface area contributed by atoms with Crippen LogP contribution in [-0.2, 0) is 5.75 Å². The third-order valence-electron chi connectivity index (χ3n) is 4.02. The number of ether oxygens (including phenoxy) is 2. The van der Waals surface area contributed by atoms with Crippen LogP contribution in [0.5, 0.6) is 11.5 Å². The molecule has 0 aliphatic rings. The highest BCUT2D eigenvalue weighted by atomic mass is 32.2. The maximum Gasteiger partial charge on any atom is 0.161 e. The first kappa shape index (κ1) is 19.2. The van der Waals surface area contributed by atoms with Crippen molar-refractivity contribution in [3.8, 4) is 34.8 Å². The summed E-state index contributed by atoms with van der Waals surface area (Å²) in [5, 5.41) is 19.9. The Morgan fingerprint density at radius 2 is 1.86 bits per heavy atom. The summed E-state index contributed by atoms with van der Waals surface area (Å²) >= 11 is 1.32. The number of hydrogen-bond acceptors (Lipinski definition) is 8. The Morgan fingerprint density at radius 1 is 1.11 bits per heavy atom. The van der Waals surface area contributed by atoms with E-state index in [0.717, 1.165) is 5.76 Å². The summed E-state index contributed by atoms with van der Waals surface area (Å²) in [5.41, 5.74) is 7.48. The monoisotopic (exact) mass is 392 g/mol. The topological polar surface area (TPSA) is 118 Å². The average Bonchev–Trinajstić information content (AvgIpc) is 3.24. The molecule has 0 unspecified atom stereocenters. The van der Waals surface area contributed by atoms with Gasteiger partial charge in [-0.25, -0.2) is 4.98 Å². The smallest absolute Gasteiger partial charge is 0.161 e. The number of rotatable bonds is 6. The number of thioether (sulfide) groups is 1. The van der Waals surface area contributed by atoms with Crippen molar-refractivity contribution >= 4 is 17.6 Å². The number of nitriles is 2. The van der Waals surface area contributed by atoms with Gasteiger partial charge in [-0.2, -0.15) is 10.5 Å². The van der Waals surface area contributed by atoms with Crippen molar-refractivity contribution in [2.75, 3.05) is 20.0 Å². The second-order valence-corrected chi connectivity index (χ2v) is 6.55. The van der Waals surface area contributed by atoms with Gasteiger partial charge in [-0.1, -0.05) is 17.8 Å². The normalized spacial score (nSPS) is 10.1. The first-order chi connectivity index (χ1) is 13.6. The Bertz CT molecular complexity index is 1080. The van der Waals surface area contributed by atoms with Crippen molar-refractivity contribution in [2.45, 2.75) is 10.8 Å². The van der Waals surface area contributed by atoms with Gasteiger partial charge in [0.05, 0.1) is 31.8 Å². The maximum absolute atomic E-state index is 9.82. The molecule has 140 valence electrons. The van der Waals surface area contributed by atoms with E-state index in [4.69, 9.17) is 19.6 Å². The number of hydrogen-bond donors (Lipinski definition) is 1. The number of anilines is 1. The van der Waals surface area contributed by atoms with E-state index >= 15 is 0 Å². The van der Waals surface area contributed by atoms with Crippen LogP contribution in [0.4, 0.5) is 5.82 Å². The summed E-state index contributed by atoms with van der Waals surface area (Å²) in [7, 11) is 3.05. The van der Waals surface area contributed by atoms with Crippen molar-refractivity contribution in [3.05, 3.63) is 53.5 Å². The molecule has 0 amide bonds. The third-order valence-corrected chi connectivity index (χ3v) is 5.02. The summed E-state index contributed by atoms with van der Waals surface area (Å²) in [6.45, 7) is 0. The fourth-order valence-corrected chi connectivity index (χ4v) is 3.62. The largest absolute Gasteiger partial charge is 0.493 e. The van der Waals surface area contributed by atoms with E-state index in [-0.39, 0.29) is 16.9 Å². The molecule has 0 bridgehead atoms. The van der Waals surface area contributed by atoms with Crippen molar-refractivity contribution in [1.29, 1.82) is 10.5 Å². The van der Waals surface area contributed by atoms with Gasteiger partial charge in [0.1, 0.15) is 34.3 Å². The summed E-state index contributed by atoms with van der Waals surface area (Å²) in [4.78, 5) is 4.27. The molecular formula is C20H16N4O3S. The van der Waals surface area contributed by atoms with Gasteiger partial charge in [-0.3, -0.25) is 0 Å². The number of methoxy groups -OCH3 is 2. The van der Waals surface area contributed by atoms with E-state index in [2.05, 4.69) is 17.1 Å². The summed E-state index contributed by atoms with van der Waals surface area (Å²) < 4.78 is 15.9. The van der Waals surface area contributed by atoms with Gasteiger partial charge < -0.3 is 19.6 Å². The molecule has 3 rings (SSSR count). The molecule has 1 aromatic carbocycles. The van der Waals surface area contributed by atoms with E-state index in [9.17, 15) is 10.5 Å². The van der Waals surface area contributed by atoms with Crippen molar-refractivity contribution < 1.29 is 13.9 Å². The molecule has 0 radical (unpaired) electrons. The lowest BCUT2D eigenvalue weighted by Crippen LogP contribution is -2.03. The highest BCUT2D eigenvalue weighted by molar-refractivity contribution is 7.98. The average molecular weight is 392 g/mol. The van der Waals surface area contributed by atoms with E-state index in [1.54, 1.807) is 30.5 Å². The van der Waals surface area contributed by atoms with E-state index in [1.165, 1.54) is 26.0 Å². The molecule has 8 heteroatoms.